The zero-order valence-corrected chi connectivity index (χ0v) is 12.0. The van der Waals surface area contributed by atoms with E-state index in [1.165, 1.54) is 32.1 Å². The van der Waals surface area contributed by atoms with Gasteiger partial charge in [0.2, 0.25) is 0 Å². The van der Waals surface area contributed by atoms with Crippen molar-refractivity contribution in [3.05, 3.63) is 11.9 Å². The lowest BCUT2D eigenvalue weighted by Crippen LogP contribution is -2.36. The van der Waals surface area contributed by atoms with Crippen LogP contribution in [0.2, 0.25) is 0 Å². The average molecular weight is 260 g/mol. The summed E-state index contributed by atoms with van der Waals surface area (Å²) in [5.74, 6) is 4.57. The second-order valence-electron chi connectivity index (χ2n) is 5.86. The predicted molar refractivity (Wildman–Crippen MR) is 78.8 cm³/mol. The molecule has 104 valence electrons. The van der Waals surface area contributed by atoms with E-state index in [4.69, 9.17) is 4.98 Å². The monoisotopic (exact) mass is 260 g/mol. The number of piperidine rings is 1. The van der Waals surface area contributed by atoms with Crippen LogP contribution in [0.15, 0.2) is 6.07 Å². The van der Waals surface area contributed by atoms with Gasteiger partial charge in [-0.3, -0.25) is 0 Å². The first kappa shape index (κ1) is 12.7. The van der Waals surface area contributed by atoms with Crippen molar-refractivity contribution < 1.29 is 0 Å². The van der Waals surface area contributed by atoms with Crippen LogP contribution >= 0.6 is 0 Å². The van der Waals surface area contributed by atoms with Crippen LogP contribution in [-0.2, 0) is 0 Å². The van der Waals surface area contributed by atoms with Gasteiger partial charge < -0.3 is 10.2 Å². The molecular weight excluding hydrogens is 236 g/mol. The molecule has 1 unspecified atom stereocenters. The van der Waals surface area contributed by atoms with E-state index in [1.807, 2.05) is 7.05 Å². The van der Waals surface area contributed by atoms with Crippen LogP contribution in [0.3, 0.4) is 0 Å². The second-order valence-corrected chi connectivity index (χ2v) is 5.86. The number of anilines is 2. The summed E-state index contributed by atoms with van der Waals surface area (Å²) >= 11 is 0. The van der Waals surface area contributed by atoms with Crippen molar-refractivity contribution in [3.63, 3.8) is 0 Å². The Hall–Kier alpha value is -1.32. The van der Waals surface area contributed by atoms with E-state index in [0.717, 1.165) is 36.5 Å². The number of aromatic nitrogens is 2. The van der Waals surface area contributed by atoms with E-state index in [2.05, 4.69) is 28.2 Å². The van der Waals surface area contributed by atoms with Gasteiger partial charge in [0.25, 0.3) is 0 Å². The Labute approximate surface area is 115 Å². The van der Waals surface area contributed by atoms with E-state index >= 15 is 0 Å². The van der Waals surface area contributed by atoms with Gasteiger partial charge in [0.15, 0.2) is 0 Å². The number of rotatable bonds is 4. The molecule has 2 fully saturated rings. The summed E-state index contributed by atoms with van der Waals surface area (Å²) in [5.41, 5.74) is 0. The summed E-state index contributed by atoms with van der Waals surface area (Å²) in [6, 6.07) is 2.10. The van der Waals surface area contributed by atoms with Crippen LogP contribution in [0.5, 0.6) is 0 Å². The van der Waals surface area contributed by atoms with Crippen LogP contribution in [0, 0.1) is 5.92 Å². The van der Waals surface area contributed by atoms with Crippen molar-refractivity contribution in [2.45, 2.75) is 44.9 Å². The molecular formula is C15H24N4. The van der Waals surface area contributed by atoms with E-state index in [9.17, 15) is 0 Å². The van der Waals surface area contributed by atoms with Crippen LogP contribution in [0.25, 0.3) is 0 Å². The third kappa shape index (κ3) is 2.82. The molecule has 1 atom stereocenters. The van der Waals surface area contributed by atoms with Crippen molar-refractivity contribution in [2.75, 3.05) is 30.4 Å². The molecule has 4 nitrogen and oxygen atoms in total. The Morgan fingerprint density at radius 2 is 2.16 bits per heavy atom. The fourth-order valence-corrected chi connectivity index (χ4v) is 2.87. The third-order valence-corrected chi connectivity index (χ3v) is 4.35. The van der Waals surface area contributed by atoms with Crippen LogP contribution in [0.1, 0.15) is 50.8 Å². The van der Waals surface area contributed by atoms with Crippen molar-refractivity contribution >= 4 is 11.6 Å². The molecule has 19 heavy (non-hydrogen) atoms. The molecule has 4 heteroatoms. The molecule has 1 N–H and O–H groups in total. The van der Waals surface area contributed by atoms with Gasteiger partial charge in [-0.2, -0.15) is 0 Å². The summed E-state index contributed by atoms with van der Waals surface area (Å²) in [6.45, 7) is 4.59. The summed E-state index contributed by atoms with van der Waals surface area (Å²) in [4.78, 5) is 11.9. The minimum Gasteiger partial charge on any atom is -0.373 e. The molecule has 0 amide bonds. The molecule has 1 saturated carbocycles. The fraction of sp³-hybridized carbons (Fsp3) is 0.733. The molecule has 1 saturated heterocycles. The molecule has 0 radical (unpaired) electrons. The van der Waals surface area contributed by atoms with Gasteiger partial charge in [0, 0.05) is 32.1 Å². The molecule has 2 aliphatic rings. The van der Waals surface area contributed by atoms with Crippen LogP contribution in [0.4, 0.5) is 11.6 Å². The van der Waals surface area contributed by atoms with E-state index in [-0.39, 0.29) is 0 Å². The maximum absolute atomic E-state index is 4.81. The molecule has 0 aromatic carbocycles. The van der Waals surface area contributed by atoms with Gasteiger partial charge in [-0.25, -0.2) is 9.97 Å². The maximum Gasteiger partial charge on any atom is 0.136 e. The SMILES string of the molecule is CCC1CCCN(c2cc(NC)nc(C3CC3)n2)C1. The Balaban J connectivity index is 1.84. The van der Waals surface area contributed by atoms with E-state index in [0.29, 0.717) is 5.92 Å². The zero-order valence-electron chi connectivity index (χ0n) is 12.0. The Kier molecular flexibility index (Phi) is 3.58. The molecule has 1 aliphatic carbocycles. The first-order chi connectivity index (χ1) is 9.30. The quantitative estimate of drug-likeness (QED) is 0.903. The topological polar surface area (TPSA) is 41.0 Å². The minimum absolute atomic E-state index is 0.610. The molecule has 1 aromatic rings. The molecule has 3 rings (SSSR count). The standard InChI is InChI=1S/C15H24N4/c1-3-11-5-4-8-19(10-11)14-9-13(16-2)17-15(18-14)12-6-7-12/h9,11-12H,3-8,10H2,1-2H3,(H,16,17,18). The number of nitrogens with one attached hydrogen (secondary N) is 1. The maximum atomic E-state index is 4.81. The molecule has 1 aromatic heterocycles. The van der Waals surface area contributed by atoms with Gasteiger partial charge >= 0.3 is 0 Å². The summed E-state index contributed by atoms with van der Waals surface area (Å²) in [7, 11) is 1.94. The van der Waals surface area contributed by atoms with Crippen molar-refractivity contribution in [2.24, 2.45) is 5.92 Å². The highest BCUT2D eigenvalue weighted by Crippen LogP contribution is 2.39. The molecule has 0 spiro atoms. The number of hydrogen-bond acceptors (Lipinski definition) is 4. The molecule has 2 heterocycles. The van der Waals surface area contributed by atoms with Crippen molar-refractivity contribution in [3.8, 4) is 0 Å². The van der Waals surface area contributed by atoms with Gasteiger partial charge in [-0.05, 0) is 31.6 Å². The van der Waals surface area contributed by atoms with E-state index < -0.39 is 0 Å². The summed E-state index contributed by atoms with van der Waals surface area (Å²) < 4.78 is 0. The lowest BCUT2D eigenvalue weighted by molar-refractivity contribution is 0.402. The van der Waals surface area contributed by atoms with Gasteiger partial charge in [0.1, 0.15) is 17.5 Å². The van der Waals surface area contributed by atoms with Gasteiger partial charge in [-0.1, -0.05) is 13.3 Å². The first-order valence-electron chi connectivity index (χ1n) is 7.61. The third-order valence-electron chi connectivity index (χ3n) is 4.35. The number of hydrogen-bond donors (Lipinski definition) is 1. The first-order valence-corrected chi connectivity index (χ1v) is 7.61. The zero-order chi connectivity index (χ0) is 13.2. The Morgan fingerprint density at radius 1 is 1.32 bits per heavy atom. The van der Waals surface area contributed by atoms with Crippen molar-refractivity contribution in [1.82, 2.24) is 9.97 Å². The largest absolute Gasteiger partial charge is 0.373 e. The smallest absolute Gasteiger partial charge is 0.136 e. The minimum atomic E-state index is 0.610. The van der Waals surface area contributed by atoms with Crippen LogP contribution in [-0.4, -0.2) is 30.1 Å². The normalized spacial score (nSPS) is 23.5. The summed E-state index contributed by atoms with van der Waals surface area (Å²) in [5, 5.41) is 3.18. The molecule has 1 aliphatic heterocycles. The van der Waals surface area contributed by atoms with Gasteiger partial charge in [0.05, 0.1) is 0 Å². The average Bonchev–Trinajstić information content (AvgIpc) is 3.31. The number of nitrogens with zero attached hydrogens (tertiary/aromatic N) is 3. The Morgan fingerprint density at radius 3 is 2.84 bits per heavy atom. The highest BCUT2D eigenvalue weighted by atomic mass is 15.2. The second kappa shape index (κ2) is 5.35. The summed E-state index contributed by atoms with van der Waals surface area (Å²) in [6.07, 6.45) is 6.44. The Bertz CT molecular complexity index is 442. The van der Waals surface area contributed by atoms with E-state index in [1.54, 1.807) is 0 Å². The lowest BCUT2D eigenvalue weighted by Gasteiger charge is -2.33. The van der Waals surface area contributed by atoms with Crippen molar-refractivity contribution in [1.29, 1.82) is 0 Å². The fourth-order valence-electron chi connectivity index (χ4n) is 2.87. The predicted octanol–water partition coefficient (Wildman–Crippen LogP) is 3.02. The lowest BCUT2D eigenvalue weighted by atomic mass is 9.96. The van der Waals surface area contributed by atoms with Crippen LogP contribution < -0.4 is 10.2 Å². The molecule has 0 bridgehead atoms. The highest BCUT2D eigenvalue weighted by molar-refractivity contribution is 5.50. The van der Waals surface area contributed by atoms with Gasteiger partial charge in [-0.15, -0.1) is 0 Å². The highest BCUT2D eigenvalue weighted by Gasteiger charge is 2.28.